The van der Waals surface area contributed by atoms with Gasteiger partial charge in [0.2, 0.25) is 0 Å². The fourth-order valence-corrected chi connectivity index (χ4v) is 2.71. The molecule has 0 radical (unpaired) electrons. The van der Waals surface area contributed by atoms with Crippen molar-refractivity contribution in [3.63, 3.8) is 0 Å². The minimum atomic E-state index is 0.458. The molecule has 1 heterocycles. The first-order chi connectivity index (χ1) is 7.81. The molecule has 0 saturated carbocycles. The molecular formula is C12H10BrClOS. The van der Waals surface area contributed by atoms with Gasteiger partial charge in [-0.05, 0) is 33.4 Å². The largest absolute Gasteiger partial charge is 0.487 e. The van der Waals surface area contributed by atoms with Crippen molar-refractivity contribution in [1.82, 2.24) is 0 Å². The Morgan fingerprint density at radius 2 is 2.12 bits per heavy atom. The first-order valence-electron chi connectivity index (χ1n) is 4.80. The van der Waals surface area contributed by atoms with E-state index in [1.165, 1.54) is 4.88 Å². The van der Waals surface area contributed by atoms with Crippen molar-refractivity contribution in [2.75, 3.05) is 0 Å². The van der Waals surface area contributed by atoms with E-state index in [1.54, 1.807) is 11.3 Å². The van der Waals surface area contributed by atoms with Crippen LogP contribution >= 0.6 is 38.9 Å². The predicted octanol–water partition coefficient (Wildman–Crippen LogP) is 4.83. The molecule has 0 atom stereocenters. The van der Waals surface area contributed by atoms with E-state index in [1.807, 2.05) is 29.6 Å². The Kier molecular flexibility index (Phi) is 4.27. The maximum atomic E-state index is 5.87. The third-order valence-corrected chi connectivity index (χ3v) is 3.89. The van der Waals surface area contributed by atoms with E-state index >= 15 is 0 Å². The average molecular weight is 318 g/mol. The molecule has 0 aliphatic heterocycles. The standard InChI is InChI=1S/C12H10BrClOS/c13-11-5-1-3-9(7-14)12(11)15-8-10-4-2-6-16-10/h1-6H,7-8H2. The lowest BCUT2D eigenvalue weighted by molar-refractivity contribution is 0.305. The quantitative estimate of drug-likeness (QED) is 0.734. The van der Waals surface area contributed by atoms with Gasteiger partial charge in [-0.3, -0.25) is 0 Å². The summed E-state index contributed by atoms with van der Waals surface area (Å²) in [5, 5.41) is 2.04. The second-order valence-corrected chi connectivity index (χ2v) is 5.38. The van der Waals surface area contributed by atoms with Gasteiger partial charge in [-0.1, -0.05) is 18.2 Å². The Morgan fingerprint density at radius 3 is 2.81 bits per heavy atom. The van der Waals surface area contributed by atoms with Crippen molar-refractivity contribution < 1.29 is 4.74 Å². The summed E-state index contributed by atoms with van der Waals surface area (Å²) in [4.78, 5) is 1.20. The number of benzene rings is 1. The highest BCUT2D eigenvalue weighted by molar-refractivity contribution is 9.10. The Hall–Kier alpha value is -0.510. The third kappa shape index (κ3) is 2.78. The molecule has 0 unspecified atom stereocenters. The summed E-state index contributed by atoms with van der Waals surface area (Å²) in [7, 11) is 0. The summed E-state index contributed by atoms with van der Waals surface area (Å²) in [5.74, 6) is 1.30. The van der Waals surface area contributed by atoms with Gasteiger partial charge in [0.1, 0.15) is 12.4 Å². The van der Waals surface area contributed by atoms with Crippen LogP contribution in [0.4, 0.5) is 0 Å². The summed E-state index contributed by atoms with van der Waals surface area (Å²) in [6.07, 6.45) is 0. The van der Waals surface area contributed by atoms with Crippen LogP contribution in [0.1, 0.15) is 10.4 Å². The molecule has 84 valence electrons. The van der Waals surface area contributed by atoms with E-state index < -0.39 is 0 Å². The molecule has 0 aliphatic rings. The summed E-state index contributed by atoms with van der Waals surface area (Å²) >= 11 is 11.0. The van der Waals surface area contributed by atoms with Gasteiger partial charge in [0.15, 0.2) is 0 Å². The minimum absolute atomic E-state index is 0.458. The second kappa shape index (κ2) is 5.71. The Morgan fingerprint density at radius 1 is 1.25 bits per heavy atom. The Labute approximate surface area is 112 Å². The van der Waals surface area contributed by atoms with Crippen molar-refractivity contribution >= 4 is 38.9 Å². The lowest BCUT2D eigenvalue weighted by Crippen LogP contribution is -1.96. The maximum absolute atomic E-state index is 5.87. The van der Waals surface area contributed by atoms with Gasteiger partial charge in [-0.15, -0.1) is 22.9 Å². The van der Waals surface area contributed by atoms with Gasteiger partial charge >= 0.3 is 0 Å². The monoisotopic (exact) mass is 316 g/mol. The smallest absolute Gasteiger partial charge is 0.138 e. The molecule has 2 aromatic rings. The molecule has 0 spiro atoms. The number of para-hydroxylation sites is 1. The van der Waals surface area contributed by atoms with Crippen LogP contribution in [-0.2, 0) is 12.5 Å². The molecule has 1 aromatic heterocycles. The van der Waals surface area contributed by atoms with Crippen molar-refractivity contribution in [2.24, 2.45) is 0 Å². The predicted molar refractivity (Wildman–Crippen MR) is 72.4 cm³/mol. The van der Waals surface area contributed by atoms with Crippen molar-refractivity contribution in [1.29, 1.82) is 0 Å². The molecule has 1 aromatic carbocycles. The van der Waals surface area contributed by atoms with E-state index in [9.17, 15) is 0 Å². The molecule has 0 amide bonds. The zero-order valence-corrected chi connectivity index (χ0v) is 11.6. The highest BCUT2D eigenvalue weighted by Gasteiger charge is 2.07. The SMILES string of the molecule is ClCc1cccc(Br)c1OCc1cccs1. The minimum Gasteiger partial charge on any atom is -0.487 e. The van der Waals surface area contributed by atoms with Gasteiger partial charge in [0.05, 0.1) is 10.4 Å². The van der Waals surface area contributed by atoms with Crippen LogP contribution in [0.2, 0.25) is 0 Å². The summed E-state index contributed by atoms with van der Waals surface area (Å²) in [5.41, 5.74) is 1.01. The third-order valence-electron chi connectivity index (χ3n) is 2.13. The van der Waals surface area contributed by atoms with Crippen LogP contribution in [0.25, 0.3) is 0 Å². The lowest BCUT2D eigenvalue weighted by atomic mass is 10.2. The molecule has 16 heavy (non-hydrogen) atoms. The van der Waals surface area contributed by atoms with Crippen molar-refractivity contribution in [3.8, 4) is 5.75 Å². The van der Waals surface area contributed by atoms with E-state index in [-0.39, 0.29) is 0 Å². The van der Waals surface area contributed by atoms with Crippen LogP contribution in [0.5, 0.6) is 5.75 Å². The van der Waals surface area contributed by atoms with Crippen molar-refractivity contribution in [2.45, 2.75) is 12.5 Å². The number of alkyl halides is 1. The number of halogens is 2. The van der Waals surface area contributed by atoms with Gasteiger partial charge in [-0.25, -0.2) is 0 Å². The van der Waals surface area contributed by atoms with E-state index in [0.29, 0.717) is 12.5 Å². The molecular weight excluding hydrogens is 308 g/mol. The molecule has 2 rings (SSSR count). The van der Waals surface area contributed by atoms with Gasteiger partial charge in [-0.2, -0.15) is 0 Å². The zero-order chi connectivity index (χ0) is 11.4. The summed E-state index contributed by atoms with van der Waals surface area (Å²) in [6, 6.07) is 9.97. The number of hydrogen-bond donors (Lipinski definition) is 0. The summed E-state index contributed by atoms with van der Waals surface area (Å²) < 4.78 is 6.73. The normalized spacial score (nSPS) is 10.4. The number of ether oxygens (including phenoxy) is 1. The van der Waals surface area contributed by atoms with E-state index in [4.69, 9.17) is 16.3 Å². The number of hydrogen-bond acceptors (Lipinski definition) is 2. The molecule has 1 nitrogen and oxygen atoms in total. The lowest BCUT2D eigenvalue weighted by Gasteiger charge is -2.10. The molecule has 0 aliphatic carbocycles. The topological polar surface area (TPSA) is 9.23 Å². The highest BCUT2D eigenvalue weighted by Crippen LogP contribution is 2.31. The molecule has 0 fully saturated rings. The average Bonchev–Trinajstić information content (AvgIpc) is 2.80. The molecule has 0 N–H and O–H groups in total. The Bertz CT molecular complexity index is 456. The number of thiophene rings is 1. The second-order valence-electron chi connectivity index (χ2n) is 3.23. The van der Waals surface area contributed by atoms with Crippen LogP contribution in [-0.4, -0.2) is 0 Å². The zero-order valence-electron chi connectivity index (χ0n) is 8.45. The van der Waals surface area contributed by atoms with Crippen LogP contribution in [0.3, 0.4) is 0 Å². The molecule has 4 heteroatoms. The van der Waals surface area contributed by atoms with Crippen LogP contribution in [0, 0.1) is 0 Å². The number of rotatable bonds is 4. The van der Waals surface area contributed by atoms with E-state index in [0.717, 1.165) is 15.8 Å². The molecule has 0 bridgehead atoms. The van der Waals surface area contributed by atoms with Crippen LogP contribution < -0.4 is 4.74 Å². The van der Waals surface area contributed by atoms with Gasteiger partial charge in [0, 0.05) is 10.4 Å². The first kappa shape index (κ1) is 12.0. The molecule has 0 saturated heterocycles. The van der Waals surface area contributed by atoms with Crippen molar-refractivity contribution in [3.05, 3.63) is 50.6 Å². The first-order valence-corrected chi connectivity index (χ1v) is 7.00. The highest BCUT2D eigenvalue weighted by atomic mass is 79.9. The van der Waals surface area contributed by atoms with Gasteiger partial charge in [0.25, 0.3) is 0 Å². The maximum Gasteiger partial charge on any atom is 0.138 e. The summed E-state index contributed by atoms with van der Waals surface area (Å²) in [6.45, 7) is 0.587. The Balaban J connectivity index is 2.14. The van der Waals surface area contributed by atoms with E-state index in [2.05, 4.69) is 22.0 Å². The van der Waals surface area contributed by atoms with Crippen LogP contribution in [0.15, 0.2) is 40.2 Å². The fourth-order valence-electron chi connectivity index (χ4n) is 1.36. The fraction of sp³-hybridized carbons (Fsp3) is 0.167. The van der Waals surface area contributed by atoms with Gasteiger partial charge < -0.3 is 4.74 Å².